The van der Waals surface area contributed by atoms with Crippen molar-refractivity contribution in [2.45, 2.75) is 162 Å². The third-order valence-electron chi connectivity index (χ3n) is 9.71. The van der Waals surface area contributed by atoms with E-state index >= 15 is 0 Å². The SMILES string of the molecule is CC(C)=CCC/C(C)=C/C(C)C(C)/C(C)=C/CC/C(C)=C/CC(C)/C=C(\C)CC/C=C(\C)C(C)C(C)/C=C(\C)CCC=C(C)C. The van der Waals surface area contributed by atoms with Crippen molar-refractivity contribution < 1.29 is 0 Å². The van der Waals surface area contributed by atoms with Crippen LogP contribution in [0, 0.1) is 29.6 Å². The molecule has 0 aliphatic heterocycles. The lowest BCUT2D eigenvalue weighted by molar-refractivity contribution is 0.523. The Morgan fingerprint density at radius 1 is 0.400 bits per heavy atom. The summed E-state index contributed by atoms with van der Waals surface area (Å²) in [4.78, 5) is 0. The first kappa shape index (κ1) is 42.9. The molecule has 0 saturated heterocycles. The Hall–Kier alpha value is -2.08. The normalized spacial score (nSPS) is 17.5. The summed E-state index contributed by atoms with van der Waals surface area (Å²) in [6.45, 7) is 34.5. The molecule has 0 aromatic heterocycles. The van der Waals surface area contributed by atoms with Gasteiger partial charge in [0.1, 0.15) is 0 Å². The molecule has 0 radical (unpaired) electrons. The van der Waals surface area contributed by atoms with Crippen LogP contribution in [-0.2, 0) is 0 Å². The van der Waals surface area contributed by atoms with Crippen molar-refractivity contribution in [2.75, 3.05) is 0 Å². The van der Waals surface area contributed by atoms with Crippen molar-refractivity contribution in [3.8, 4) is 0 Å². The van der Waals surface area contributed by atoms with Crippen LogP contribution in [0.5, 0.6) is 0 Å². The van der Waals surface area contributed by atoms with E-state index in [2.05, 4.69) is 152 Å². The first-order valence-corrected chi connectivity index (χ1v) is 18.3. The van der Waals surface area contributed by atoms with Gasteiger partial charge in [0, 0.05) is 0 Å². The van der Waals surface area contributed by atoms with Gasteiger partial charge in [0.25, 0.3) is 0 Å². The van der Waals surface area contributed by atoms with Crippen molar-refractivity contribution in [1.82, 2.24) is 0 Å². The zero-order valence-corrected chi connectivity index (χ0v) is 32.9. The molecule has 5 atom stereocenters. The topological polar surface area (TPSA) is 0 Å². The Labute approximate surface area is 283 Å². The Bertz CT molecular complexity index is 1080. The van der Waals surface area contributed by atoms with E-state index in [1.54, 1.807) is 0 Å². The number of rotatable bonds is 21. The zero-order chi connectivity index (χ0) is 34.5. The largest absolute Gasteiger partial charge is 0.0856 e. The van der Waals surface area contributed by atoms with Gasteiger partial charge in [-0.25, -0.2) is 0 Å². The molecule has 5 unspecified atom stereocenters. The molecule has 0 heteroatoms. The molecule has 256 valence electrons. The van der Waals surface area contributed by atoms with Gasteiger partial charge in [-0.2, -0.15) is 0 Å². The van der Waals surface area contributed by atoms with E-state index in [-0.39, 0.29) is 0 Å². The highest BCUT2D eigenvalue weighted by atomic mass is 14.2. The number of hydrogen-bond acceptors (Lipinski definition) is 0. The van der Waals surface area contributed by atoms with Crippen molar-refractivity contribution in [3.05, 3.63) is 93.2 Å². The van der Waals surface area contributed by atoms with E-state index in [1.807, 2.05) is 0 Å². The summed E-state index contributed by atoms with van der Waals surface area (Å²) in [6, 6.07) is 0. The van der Waals surface area contributed by atoms with Gasteiger partial charge in [-0.15, -0.1) is 0 Å². The molecular formula is C45H76. The predicted molar refractivity (Wildman–Crippen MR) is 209 cm³/mol. The van der Waals surface area contributed by atoms with Crippen molar-refractivity contribution in [2.24, 2.45) is 29.6 Å². The summed E-state index contributed by atoms with van der Waals surface area (Å²) in [7, 11) is 0. The fourth-order valence-electron chi connectivity index (χ4n) is 5.91. The molecule has 0 N–H and O–H groups in total. The molecule has 0 aliphatic rings. The van der Waals surface area contributed by atoms with Gasteiger partial charge in [0.2, 0.25) is 0 Å². The predicted octanol–water partition coefficient (Wildman–Crippen LogP) is 15.3. The minimum Gasteiger partial charge on any atom is -0.0856 e. The Balaban J connectivity index is 4.72. The van der Waals surface area contributed by atoms with E-state index in [1.165, 1.54) is 57.4 Å². The molecule has 0 amide bonds. The molecule has 0 nitrogen and oxygen atoms in total. The molecule has 0 spiro atoms. The summed E-state index contributed by atoms with van der Waals surface area (Å²) in [6.07, 6.45) is 30.1. The van der Waals surface area contributed by atoms with Crippen LogP contribution in [0.4, 0.5) is 0 Å². The van der Waals surface area contributed by atoms with Crippen LogP contribution in [0.25, 0.3) is 0 Å². The van der Waals surface area contributed by atoms with Crippen molar-refractivity contribution in [1.29, 1.82) is 0 Å². The smallest absolute Gasteiger partial charge is 0.0174 e. The average Bonchev–Trinajstić information content (AvgIpc) is 2.94. The van der Waals surface area contributed by atoms with Gasteiger partial charge in [-0.3, -0.25) is 0 Å². The van der Waals surface area contributed by atoms with E-state index in [0.29, 0.717) is 29.6 Å². The van der Waals surface area contributed by atoms with E-state index in [0.717, 1.165) is 44.9 Å². The fraction of sp³-hybridized carbons (Fsp3) is 0.644. The lowest BCUT2D eigenvalue weighted by atomic mass is 9.87. The molecule has 45 heavy (non-hydrogen) atoms. The van der Waals surface area contributed by atoms with Gasteiger partial charge in [0.15, 0.2) is 0 Å². The summed E-state index contributed by atoms with van der Waals surface area (Å²) in [5, 5.41) is 0. The van der Waals surface area contributed by atoms with Crippen LogP contribution in [0.1, 0.15) is 162 Å². The quantitative estimate of drug-likeness (QED) is 0.113. The second-order valence-corrected chi connectivity index (χ2v) is 15.2. The monoisotopic (exact) mass is 617 g/mol. The van der Waals surface area contributed by atoms with Gasteiger partial charge >= 0.3 is 0 Å². The summed E-state index contributed by atoms with van der Waals surface area (Å²) < 4.78 is 0. The zero-order valence-electron chi connectivity index (χ0n) is 32.9. The molecule has 0 bridgehead atoms. The molecule has 0 heterocycles. The third-order valence-corrected chi connectivity index (χ3v) is 9.71. The molecule has 0 fully saturated rings. The van der Waals surface area contributed by atoms with Crippen LogP contribution in [0.2, 0.25) is 0 Å². The maximum atomic E-state index is 2.50. The first-order valence-electron chi connectivity index (χ1n) is 18.3. The van der Waals surface area contributed by atoms with Crippen molar-refractivity contribution in [3.63, 3.8) is 0 Å². The second kappa shape index (κ2) is 24.1. The maximum absolute atomic E-state index is 2.50. The third kappa shape index (κ3) is 22.1. The van der Waals surface area contributed by atoms with Crippen LogP contribution >= 0.6 is 0 Å². The Morgan fingerprint density at radius 3 is 1.11 bits per heavy atom. The maximum Gasteiger partial charge on any atom is -0.0174 e. The first-order chi connectivity index (χ1) is 21.0. The van der Waals surface area contributed by atoms with Crippen LogP contribution in [-0.4, -0.2) is 0 Å². The van der Waals surface area contributed by atoms with E-state index in [9.17, 15) is 0 Å². The summed E-state index contributed by atoms with van der Waals surface area (Å²) >= 11 is 0. The van der Waals surface area contributed by atoms with Gasteiger partial charge in [0.05, 0.1) is 0 Å². The summed E-state index contributed by atoms with van der Waals surface area (Å²) in [5.74, 6) is 2.94. The van der Waals surface area contributed by atoms with Gasteiger partial charge in [-0.1, -0.05) is 128 Å². The number of allylic oxidation sites excluding steroid dienone is 16. The Kier molecular flexibility index (Phi) is 23.0. The van der Waals surface area contributed by atoms with Crippen LogP contribution < -0.4 is 0 Å². The fourth-order valence-corrected chi connectivity index (χ4v) is 5.91. The minimum absolute atomic E-state index is 0.583. The van der Waals surface area contributed by atoms with E-state index in [4.69, 9.17) is 0 Å². The summed E-state index contributed by atoms with van der Waals surface area (Å²) in [5.41, 5.74) is 12.0. The molecule has 0 rings (SSSR count). The lowest BCUT2D eigenvalue weighted by Gasteiger charge is -2.19. The van der Waals surface area contributed by atoms with Gasteiger partial charge < -0.3 is 0 Å². The molecule has 0 aliphatic carbocycles. The molecule has 0 saturated carbocycles. The molecule has 0 aromatic rings. The highest BCUT2D eigenvalue weighted by molar-refractivity contribution is 5.14. The molecular weight excluding hydrogens is 540 g/mol. The van der Waals surface area contributed by atoms with E-state index < -0.39 is 0 Å². The Morgan fingerprint density at radius 2 is 0.733 bits per heavy atom. The highest BCUT2D eigenvalue weighted by Gasteiger charge is 2.13. The molecule has 0 aromatic carbocycles. The average molecular weight is 617 g/mol. The standard InChI is InChI=1S/C45H76/c1-33(2)20-16-23-37(7)31-42(12)44(14)40(10)26-18-22-35(5)28-29-39(9)30-36(6)25-19-27-41(11)45(15)43(13)32-38(8)24-17-21-34(3)4/h20-21,26-28,30-32,39,42-45H,16-19,22-25,29H2,1-15H3/b35-28+,36-30+,37-31+,38-32+,40-26+,41-27+. The lowest BCUT2D eigenvalue weighted by Crippen LogP contribution is -2.07. The van der Waals surface area contributed by atoms with Crippen molar-refractivity contribution >= 4 is 0 Å². The second-order valence-electron chi connectivity index (χ2n) is 15.2. The minimum atomic E-state index is 0.583. The highest BCUT2D eigenvalue weighted by Crippen LogP contribution is 2.26. The number of hydrogen-bond donors (Lipinski definition) is 0. The van der Waals surface area contributed by atoms with Gasteiger partial charge in [-0.05, 0) is 157 Å². The van der Waals surface area contributed by atoms with Crippen LogP contribution in [0.15, 0.2) is 93.2 Å². The van der Waals surface area contributed by atoms with Crippen LogP contribution in [0.3, 0.4) is 0 Å².